The summed E-state index contributed by atoms with van der Waals surface area (Å²) in [6.45, 7) is 0. The zero-order valence-electron chi connectivity index (χ0n) is 17.0. The first-order chi connectivity index (χ1) is 15.7. The molecule has 0 spiro atoms. The first-order valence-electron chi connectivity index (χ1n) is 9.39. The Labute approximate surface area is 186 Å². The van der Waals surface area contributed by atoms with Gasteiger partial charge in [-0.05, 0) is 11.1 Å². The summed E-state index contributed by atoms with van der Waals surface area (Å²) >= 11 is 0. The number of rotatable bonds is 5. The highest BCUT2D eigenvalue weighted by Gasteiger charge is 2.60. The number of ether oxygens (including phenoxy) is 1. The number of methoxy groups -OCH3 is 1. The monoisotopic (exact) mass is 449 g/mol. The maximum absolute atomic E-state index is 13.0. The number of hydrogen-bond donors (Lipinski definition) is 1. The highest BCUT2D eigenvalue weighted by molar-refractivity contribution is 6.00. The topological polar surface area (TPSA) is 189 Å². The molecule has 166 valence electrons. The number of esters is 1. The number of nitrogens with one attached hydrogen (secondary N) is 1. The third kappa shape index (κ3) is 3.81. The van der Waals surface area contributed by atoms with Crippen LogP contribution in [0.4, 0.5) is 11.4 Å². The fourth-order valence-electron chi connectivity index (χ4n) is 4.00. The third-order valence-corrected chi connectivity index (χ3v) is 5.57. The molecule has 12 heteroatoms. The molecule has 0 radical (unpaired) electrons. The van der Waals surface area contributed by atoms with Gasteiger partial charge in [-0.15, -0.1) is 0 Å². The van der Waals surface area contributed by atoms with Gasteiger partial charge in [-0.25, -0.2) is 0 Å². The van der Waals surface area contributed by atoms with E-state index in [0.717, 1.165) is 31.4 Å². The lowest BCUT2D eigenvalue weighted by Crippen LogP contribution is -2.56. The van der Waals surface area contributed by atoms with Crippen molar-refractivity contribution in [1.82, 2.24) is 5.32 Å². The predicted octanol–water partition coefficient (Wildman–Crippen LogP) is 2.28. The van der Waals surface area contributed by atoms with Crippen molar-refractivity contribution in [1.29, 1.82) is 10.5 Å². The average Bonchev–Trinajstić information content (AvgIpc) is 2.83. The van der Waals surface area contributed by atoms with E-state index < -0.39 is 45.0 Å². The number of non-ortho nitro benzene ring substituents is 2. The van der Waals surface area contributed by atoms with Crippen molar-refractivity contribution in [2.45, 2.75) is 12.0 Å². The summed E-state index contributed by atoms with van der Waals surface area (Å²) in [6.07, 6.45) is 0. The second kappa shape index (κ2) is 8.72. The minimum Gasteiger partial charge on any atom is -0.468 e. The molecule has 1 N–H and O–H groups in total. The lowest BCUT2D eigenvalue weighted by Gasteiger charge is -2.44. The maximum atomic E-state index is 13.0. The van der Waals surface area contributed by atoms with Gasteiger partial charge in [0.1, 0.15) is 5.92 Å². The average molecular weight is 449 g/mol. The van der Waals surface area contributed by atoms with Crippen LogP contribution in [0.15, 0.2) is 48.5 Å². The van der Waals surface area contributed by atoms with E-state index in [9.17, 15) is 40.3 Å². The van der Waals surface area contributed by atoms with Crippen LogP contribution < -0.4 is 5.32 Å². The van der Waals surface area contributed by atoms with E-state index in [1.54, 1.807) is 0 Å². The van der Waals surface area contributed by atoms with Gasteiger partial charge in [0.2, 0.25) is 5.91 Å². The fourth-order valence-corrected chi connectivity index (χ4v) is 4.00. The van der Waals surface area contributed by atoms with Gasteiger partial charge in [0, 0.05) is 30.2 Å². The van der Waals surface area contributed by atoms with Crippen molar-refractivity contribution in [2.75, 3.05) is 7.11 Å². The molecule has 3 unspecified atom stereocenters. The second-order valence-electron chi connectivity index (χ2n) is 7.21. The molecule has 0 bridgehead atoms. The lowest BCUT2D eigenvalue weighted by molar-refractivity contribution is -0.385. The first-order valence-corrected chi connectivity index (χ1v) is 9.39. The zero-order valence-corrected chi connectivity index (χ0v) is 17.0. The van der Waals surface area contributed by atoms with E-state index in [2.05, 4.69) is 5.32 Å². The minimum atomic E-state index is -2.06. The number of nitrogens with zero attached hydrogens (tertiary/aromatic N) is 4. The highest BCUT2D eigenvalue weighted by atomic mass is 16.6. The first kappa shape index (κ1) is 22.8. The van der Waals surface area contributed by atoms with Crippen LogP contribution in [0.1, 0.15) is 23.1 Å². The molecular formula is C21H15N5O7. The molecule has 2 aromatic carbocycles. The van der Waals surface area contributed by atoms with E-state index in [0.29, 0.717) is 0 Å². The Balaban J connectivity index is 2.23. The molecule has 0 aliphatic carbocycles. The Morgan fingerprint density at radius 3 is 1.82 bits per heavy atom. The van der Waals surface area contributed by atoms with Crippen LogP contribution in [0.2, 0.25) is 0 Å². The number of nitro benzene ring substituents is 2. The van der Waals surface area contributed by atoms with Gasteiger partial charge in [-0.2, -0.15) is 10.5 Å². The maximum Gasteiger partial charge on any atom is 0.318 e. The number of nitro groups is 2. The number of amides is 1. The standard InChI is InChI=1S/C21H15N5O7/c1-33-20(28)16-17(12-2-6-14(7-3-12)25(29)30)21(10-22,11-23)18(24-19(16)27)13-4-8-15(9-5-13)26(31)32/h2-9,16-18H,1H3,(H,24,27). The van der Waals surface area contributed by atoms with Crippen molar-refractivity contribution in [3.8, 4) is 12.1 Å². The molecular weight excluding hydrogens is 434 g/mol. The number of benzene rings is 2. The van der Waals surface area contributed by atoms with Gasteiger partial charge in [0.15, 0.2) is 5.41 Å². The number of carbonyl (C=O) groups is 2. The van der Waals surface area contributed by atoms with Crippen LogP contribution >= 0.6 is 0 Å². The molecule has 12 nitrogen and oxygen atoms in total. The van der Waals surface area contributed by atoms with Gasteiger partial charge in [0.25, 0.3) is 11.4 Å². The van der Waals surface area contributed by atoms with Gasteiger partial charge < -0.3 is 10.1 Å². The van der Waals surface area contributed by atoms with E-state index >= 15 is 0 Å². The van der Waals surface area contributed by atoms with Gasteiger partial charge in [0.05, 0.1) is 35.1 Å². The van der Waals surface area contributed by atoms with Crippen molar-refractivity contribution in [3.63, 3.8) is 0 Å². The molecule has 2 aromatic rings. The van der Waals surface area contributed by atoms with E-state index in [1.807, 2.05) is 12.1 Å². The van der Waals surface area contributed by atoms with Gasteiger partial charge in [-0.1, -0.05) is 24.3 Å². The highest BCUT2D eigenvalue weighted by Crippen LogP contribution is 2.52. The van der Waals surface area contributed by atoms with Crippen LogP contribution in [0, 0.1) is 54.2 Å². The fraction of sp³-hybridized carbons (Fsp3) is 0.238. The molecule has 33 heavy (non-hydrogen) atoms. The Kier molecular flexibility index (Phi) is 6.04. The van der Waals surface area contributed by atoms with Crippen LogP contribution in [0.5, 0.6) is 0 Å². The molecule has 1 saturated heterocycles. The molecule has 1 heterocycles. The van der Waals surface area contributed by atoms with Crippen LogP contribution in [0.3, 0.4) is 0 Å². The number of hydrogen-bond acceptors (Lipinski definition) is 9. The molecule has 0 saturated carbocycles. The van der Waals surface area contributed by atoms with E-state index in [1.165, 1.54) is 24.3 Å². The summed E-state index contributed by atoms with van der Waals surface area (Å²) in [5.74, 6) is -4.76. The molecule has 1 aliphatic rings. The van der Waals surface area contributed by atoms with Crippen molar-refractivity contribution in [2.24, 2.45) is 11.3 Å². The SMILES string of the molecule is COC(=O)C1C(=O)NC(c2ccc([N+](=O)[O-])cc2)C(C#N)(C#N)C1c1ccc([N+](=O)[O-])cc1. The Morgan fingerprint density at radius 2 is 1.42 bits per heavy atom. The zero-order chi connectivity index (χ0) is 24.3. The quantitative estimate of drug-likeness (QED) is 0.309. The van der Waals surface area contributed by atoms with Gasteiger partial charge >= 0.3 is 5.97 Å². The van der Waals surface area contributed by atoms with E-state index in [4.69, 9.17) is 4.74 Å². The molecule has 1 fully saturated rings. The predicted molar refractivity (Wildman–Crippen MR) is 109 cm³/mol. The number of carbonyl (C=O) groups excluding carboxylic acids is 2. The summed E-state index contributed by atoms with van der Waals surface area (Å²) < 4.78 is 4.74. The number of nitriles is 2. The van der Waals surface area contributed by atoms with Crippen LogP contribution in [-0.4, -0.2) is 28.8 Å². The molecule has 1 amide bonds. The summed E-state index contributed by atoms with van der Waals surface area (Å²) in [5, 5.41) is 44.8. The summed E-state index contributed by atoms with van der Waals surface area (Å²) in [6, 6.07) is 12.3. The molecule has 1 aliphatic heterocycles. The van der Waals surface area contributed by atoms with Crippen molar-refractivity contribution < 1.29 is 24.2 Å². The number of piperidine rings is 1. The van der Waals surface area contributed by atoms with Crippen molar-refractivity contribution >= 4 is 23.3 Å². The second-order valence-corrected chi connectivity index (χ2v) is 7.21. The van der Waals surface area contributed by atoms with Crippen molar-refractivity contribution in [3.05, 3.63) is 79.9 Å². The molecule has 3 atom stereocenters. The van der Waals surface area contributed by atoms with Crippen LogP contribution in [-0.2, 0) is 14.3 Å². The summed E-state index contributed by atoms with van der Waals surface area (Å²) in [4.78, 5) is 46.3. The summed E-state index contributed by atoms with van der Waals surface area (Å²) in [7, 11) is 1.05. The Bertz CT molecular complexity index is 1200. The Morgan fingerprint density at radius 1 is 0.970 bits per heavy atom. The normalized spacial score (nSPS) is 21.1. The molecule has 0 aromatic heterocycles. The minimum absolute atomic E-state index is 0.167. The van der Waals surface area contributed by atoms with E-state index in [-0.39, 0.29) is 22.5 Å². The summed E-state index contributed by atoms with van der Waals surface area (Å²) in [5.41, 5.74) is -2.16. The Hall–Kier alpha value is -4.84. The van der Waals surface area contributed by atoms with Gasteiger partial charge in [-0.3, -0.25) is 29.8 Å². The lowest BCUT2D eigenvalue weighted by atomic mass is 9.60. The smallest absolute Gasteiger partial charge is 0.318 e. The third-order valence-electron chi connectivity index (χ3n) is 5.57. The van der Waals surface area contributed by atoms with Crippen LogP contribution in [0.25, 0.3) is 0 Å². The molecule has 3 rings (SSSR count). The largest absolute Gasteiger partial charge is 0.468 e.